The molecule has 0 aliphatic heterocycles. The van der Waals surface area contributed by atoms with Gasteiger partial charge >= 0.3 is 5.97 Å². The summed E-state index contributed by atoms with van der Waals surface area (Å²) in [5, 5.41) is 13.4. The Morgan fingerprint density at radius 2 is 2.14 bits per heavy atom. The highest BCUT2D eigenvalue weighted by Gasteiger charge is 2.25. The van der Waals surface area contributed by atoms with Gasteiger partial charge in [0.15, 0.2) is 5.13 Å². The van der Waals surface area contributed by atoms with Crippen LogP contribution in [0.15, 0.2) is 22.7 Å². The predicted molar refractivity (Wildman–Crippen MR) is 88.9 cm³/mol. The van der Waals surface area contributed by atoms with Crippen molar-refractivity contribution in [2.45, 2.75) is 25.7 Å². The van der Waals surface area contributed by atoms with Crippen molar-refractivity contribution in [2.75, 3.05) is 11.9 Å². The molecule has 0 atom stereocenters. The van der Waals surface area contributed by atoms with Gasteiger partial charge in [-0.05, 0) is 49.8 Å². The molecule has 112 valence electrons. The number of hydrogen-bond donors (Lipinski definition) is 2. The summed E-state index contributed by atoms with van der Waals surface area (Å²) in [6.45, 7) is 0.882. The minimum atomic E-state index is -0.641. The first-order valence-corrected chi connectivity index (χ1v) is 8.75. The maximum atomic E-state index is 10.9. The van der Waals surface area contributed by atoms with E-state index < -0.39 is 5.97 Å². The normalized spacial score (nSPS) is 22.3. The van der Waals surface area contributed by atoms with Gasteiger partial charge in [-0.25, -0.2) is 4.98 Å². The molecule has 6 heteroatoms. The van der Waals surface area contributed by atoms with E-state index in [-0.39, 0.29) is 5.92 Å². The lowest BCUT2D eigenvalue weighted by Gasteiger charge is -2.25. The number of carbonyl (C=O) groups is 1. The summed E-state index contributed by atoms with van der Waals surface area (Å²) in [4.78, 5) is 15.5. The third-order valence-corrected chi connectivity index (χ3v) is 5.56. The van der Waals surface area contributed by atoms with E-state index in [4.69, 9.17) is 5.11 Å². The van der Waals surface area contributed by atoms with E-state index in [0.29, 0.717) is 5.92 Å². The highest BCUT2D eigenvalue weighted by atomic mass is 79.9. The molecule has 1 heterocycles. The number of aliphatic carboxylic acids is 1. The highest BCUT2D eigenvalue weighted by molar-refractivity contribution is 9.10. The Hall–Kier alpha value is -1.14. The number of rotatable bonds is 4. The SMILES string of the molecule is O=C(O)C1CCC(CNc2nc3ccc(Br)cc3s2)CC1. The summed E-state index contributed by atoms with van der Waals surface area (Å²) in [6.07, 6.45) is 3.57. The fourth-order valence-corrected chi connectivity index (χ4v) is 4.24. The number of carboxylic acids is 1. The summed E-state index contributed by atoms with van der Waals surface area (Å²) < 4.78 is 2.23. The summed E-state index contributed by atoms with van der Waals surface area (Å²) in [5.74, 6) is -0.224. The zero-order valence-corrected chi connectivity index (χ0v) is 13.9. The molecule has 1 aliphatic carbocycles. The van der Waals surface area contributed by atoms with Crippen LogP contribution in [0.25, 0.3) is 10.2 Å². The highest BCUT2D eigenvalue weighted by Crippen LogP contribution is 2.31. The molecule has 0 radical (unpaired) electrons. The molecular formula is C15H17BrN2O2S. The fourth-order valence-electron chi connectivity index (χ4n) is 2.82. The van der Waals surface area contributed by atoms with Gasteiger partial charge in [-0.1, -0.05) is 27.3 Å². The zero-order chi connectivity index (χ0) is 14.8. The van der Waals surface area contributed by atoms with Gasteiger partial charge in [0.25, 0.3) is 0 Å². The van der Waals surface area contributed by atoms with E-state index >= 15 is 0 Å². The van der Waals surface area contributed by atoms with E-state index in [0.717, 1.165) is 47.3 Å². The Kier molecular flexibility index (Phi) is 4.45. The molecule has 21 heavy (non-hydrogen) atoms. The average Bonchev–Trinajstić information content (AvgIpc) is 2.87. The number of anilines is 1. The minimum Gasteiger partial charge on any atom is -0.481 e. The average molecular weight is 369 g/mol. The number of fused-ring (bicyclic) bond motifs is 1. The Morgan fingerprint density at radius 1 is 1.38 bits per heavy atom. The Labute approximate surface area is 135 Å². The van der Waals surface area contributed by atoms with Crippen molar-refractivity contribution in [3.05, 3.63) is 22.7 Å². The molecule has 1 fully saturated rings. The molecule has 0 bridgehead atoms. The van der Waals surface area contributed by atoms with Crippen molar-refractivity contribution in [3.8, 4) is 0 Å². The molecule has 2 N–H and O–H groups in total. The number of nitrogens with zero attached hydrogens (tertiary/aromatic N) is 1. The quantitative estimate of drug-likeness (QED) is 0.841. The number of hydrogen-bond acceptors (Lipinski definition) is 4. The topological polar surface area (TPSA) is 62.2 Å². The van der Waals surface area contributed by atoms with Crippen LogP contribution in [0.1, 0.15) is 25.7 Å². The van der Waals surface area contributed by atoms with Gasteiger partial charge in [-0.3, -0.25) is 4.79 Å². The molecule has 4 nitrogen and oxygen atoms in total. The van der Waals surface area contributed by atoms with Crippen LogP contribution in [0, 0.1) is 11.8 Å². The number of carboxylic acid groups (broad SMARTS) is 1. The molecule has 0 amide bonds. The molecule has 3 rings (SSSR count). The maximum absolute atomic E-state index is 10.9. The van der Waals surface area contributed by atoms with Crippen LogP contribution in [-0.4, -0.2) is 22.6 Å². The van der Waals surface area contributed by atoms with E-state index in [1.165, 1.54) is 4.70 Å². The van der Waals surface area contributed by atoms with Crippen LogP contribution < -0.4 is 5.32 Å². The molecule has 0 spiro atoms. The lowest BCUT2D eigenvalue weighted by Crippen LogP contribution is -2.25. The van der Waals surface area contributed by atoms with Gasteiger partial charge in [0.05, 0.1) is 16.1 Å². The van der Waals surface area contributed by atoms with Gasteiger partial charge in [-0.15, -0.1) is 0 Å². The van der Waals surface area contributed by atoms with Gasteiger partial charge in [0.2, 0.25) is 0 Å². The molecule has 1 aromatic heterocycles. The first-order chi connectivity index (χ1) is 10.1. The zero-order valence-electron chi connectivity index (χ0n) is 11.5. The van der Waals surface area contributed by atoms with Crippen molar-refractivity contribution in [3.63, 3.8) is 0 Å². The smallest absolute Gasteiger partial charge is 0.306 e. The second-order valence-electron chi connectivity index (χ2n) is 5.57. The standard InChI is InChI=1S/C15H17BrN2O2S/c16-11-5-6-12-13(7-11)21-15(18-12)17-8-9-1-3-10(4-2-9)14(19)20/h5-7,9-10H,1-4,8H2,(H,17,18)(H,19,20). The predicted octanol–water partition coefficient (Wildman–Crippen LogP) is 4.36. The summed E-state index contributed by atoms with van der Waals surface area (Å²) in [6, 6.07) is 6.09. The minimum absolute atomic E-state index is 0.138. The van der Waals surface area contributed by atoms with Crippen LogP contribution in [-0.2, 0) is 4.79 Å². The van der Waals surface area contributed by atoms with Crippen LogP contribution in [0.4, 0.5) is 5.13 Å². The Balaban J connectivity index is 1.56. The maximum Gasteiger partial charge on any atom is 0.306 e. The summed E-state index contributed by atoms with van der Waals surface area (Å²) in [5.41, 5.74) is 1.01. The molecule has 1 aliphatic rings. The Morgan fingerprint density at radius 3 is 2.86 bits per heavy atom. The third-order valence-electron chi connectivity index (χ3n) is 4.09. The first kappa shape index (κ1) is 14.8. The number of halogens is 1. The third kappa shape index (κ3) is 3.55. The second kappa shape index (κ2) is 6.32. The molecule has 0 unspecified atom stereocenters. The van der Waals surface area contributed by atoms with E-state index in [9.17, 15) is 4.79 Å². The Bertz CT molecular complexity index is 650. The van der Waals surface area contributed by atoms with Crippen LogP contribution in [0.5, 0.6) is 0 Å². The van der Waals surface area contributed by atoms with Gasteiger partial charge in [-0.2, -0.15) is 0 Å². The second-order valence-corrected chi connectivity index (χ2v) is 7.51. The molecule has 1 aromatic carbocycles. The largest absolute Gasteiger partial charge is 0.481 e. The van der Waals surface area contributed by atoms with E-state index in [1.54, 1.807) is 11.3 Å². The number of nitrogens with one attached hydrogen (secondary N) is 1. The fraction of sp³-hybridized carbons (Fsp3) is 0.467. The molecule has 1 saturated carbocycles. The summed E-state index contributed by atoms with van der Waals surface area (Å²) in [7, 11) is 0. The lowest BCUT2D eigenvalue weighted by atomic mass is 9.82. The van der Waals surface area contributed by atoms with Crippen LogP contribution >= 0.6 is 27.3 Å². The van der Waals surface area contributed by atoms with Crippen molar-refractivity contribution in [2.24, 2.45) is 11.8 Å². The van der Waals surface area contributed by atoms with Gasteiger partial charge in [0, 0.05) is 11.0 Å². The van der Waals surface area contributed by atoms with Crippen molar-refractivity contribution >= 4 is 48.6 Å². The monoisotopic (exact) mass is 368 g/mol. The molecule has 0 saturated heterocycles. The molecule has 2 aromatic rings. The summed E-state index contributed by atoms with van der Waals surface area (Å²) >= 11 is 5.13. The van der Waals surface area contributed by atoms with E-state index in [2.05, 4.69) is 32.3 Å². The van der Waals surface area contributed by atoms with Gasteiger partial charge in [0.1, 0.15) is 0 Å². The van der Waals surface area contributed by atoms with E-state index in [1.807, 2.05) is 12.1 Å². The number of benzene rings is 1. The van der Waals surface area contributed by atoms with Crippen LogP contribution in [0.3, 0.4) is 0 Å². The van der Waals surface area contributed by atoms with Crippen molar-refractivity contribution < 1.29 is 9.90 Å². The van der Waals surface area contributed by atoms with Gasteiger partial charge < -0.3 is 10.4 Å². The number of aromatic nitrogens is 1. The van der Waals surface area contributed by atoms with Crippen molar-refractivity contribution in [1.82, 2.24) is 4.98 Å². The van der Waals surface area contributed by atoms with Crippen LogP contribution in [0.2, 0.25) is 0 Å². The number of thiazole rings is 1. The lowest BCUT2D eigenvalue weighted by molar-refractivity contribution is -0.143. The first-order valence-electron chi connectivity index (χ1n) is 7.14. The van der Waals surface area contributed by atoms with Crippen molar-refractivity contribution in [1.29, 1.82) is 0 Å². The molecular weight excluding hydrogens is 352 g/mol.